The van der Waals surface area contributed by atoms with E-state index in [0.717, 1.165) is 5.56 Å². The Labute approximate surface area is 89.1 Å². The molecule has 15 heavy (non-hydrogen) atoms. The van der Waals surface area contributed by atoms with Gasteiger partial charge in [0.05, 0.1) is 6.61 Å². The number of hydrogen-bond acceptors (Lipinski definition) is 3. The van der Waals surface area contributed by atoms with Crippen LogP contribution in [0, 0.1) is 0 Å². The second-order valence-corrected chi connectivity index (χ2v) is 3.29. The molecule has 0 unspecified atom stereocenters. The van der Waals surface area contributed by atoms with Gasteiger partial charge in [0.1, 0.15) is 5.78 Å². The molecule has 1 aromatic carbocycles. The number of Topliss-reactive ketones (excluding diaryl/α,β-unsaturated/α-hetero) is 1. The van der Waals surface area contributed by atoms with Gasteiger partial charge < -0.3 is 4.74 Å². The minimum absolute atomic E-state index is 0.0856. The molecule has 0 radical (unpaired) electrons. The zero-order valence-electron chi connectivity index (χ0n) is 8.73. The van der Waals surface area contributed by atoms with E-state index in [1.54, 1.807) is 0 Å². The van der Waals surface area contributed by atoms with E-state index >= 15 is 0 Å². The van der Waals surface area contributed by atoms with Crippen molar-refractivity contribution in [3.05, 3.63) is 35.9 Å². The first kappa shape index (κ1) is 11.4. The lowest BCUT2D eigenvalue weighted by atomic mass is 10.1. The first-order valence-electron chi connectivity index (χ1n) is 4.87. The predicted molar refractivity (Wildman–Crippen MR) is 56.4 cm³/mol. The summed E-state index contributed by atoms with van der Waals surface area (Å²) in [5, 5.41) is 0. The summed E-state index contributed by atoms with van der Waals surface area (Å²) >= 11 is 0. The minimum Gasteiger partial charge on any atom is -0.465 e. The molecule has 1 rings (SSSR count). The molecule has 0 atom stereocenters. The fourth-order valence-corrected chi connectivity index (χ4v) is 1.22. The Morgan fingerprint density at radius 2 is 1.87 bits per heavy atom. The highest BCUT2D eigenvalue weighted by atomic mass is 16.5. The zero-order chi connectivity index (χ0) is 11.1. The fraction of sp³-hybridized carbons (Fsp3) is 0.333. The van der Waals surface area contributed by atoms with Gasteiger partial charge in [-0.2, -0.15) is 0 Å². The second-order valence-electron chi connectivity index (χ2n) is 3.29. The maximum atomic E-state index is 11.4. The predicted octanol–water partition coefficient (Wildman–Crippen LogP) is 1.75. The Kier molecular flexibility index (Phi) is 4.54. The van der Waals surface area contributed by atoms with Crippen molar-refractivity contribution in [3.8, 4) is 0 Å². The highest BCUT2D eigenvalue weighted by molar-refractivity contribution is 5.81. The molecule has 0 aliphatic rings. The van der Waals surface area contributed by atoms with Crippen LogP contribution >= 0.6 is 0 Å². The van der Waals surface area contributed by atoms with Gasteiger partial charge in [-0.1, -0.05) is 30.3 Å². The van der Waals surface area contributed by atoms with E-state index in [2.05, 4.69) is 0 Å². The van der Waals surface area contributed by atoms with Crippen LogP contribution in [0.25, 0.3) is 0 Å². The molecule has 0 bridgehead atoms. The molecule has 0 aromatic heterocycles. The highest BCUT2D eigenvalue weighted by Gasteiger charge is 2.04. The largest absolute Gasteiger partial charge is 0.465 e. The van der Waals surface area contributed by atoms with E-state index < -0.39 is 0 Å². The first-order valence-corrected chi connectivity index (χ1v) is 4.87. The molecule has 0 saturated carbocycles. The van der Waals surface area contributed by atoms with Crippen LogP contribution in [0.3, 0.4) is 0 Å². The van der Waals surface area contributed by atoms with Gasteiger partial charge in [-0.3, -0.25) is 9.59 Å². The van der Waals surface area contributed by atoms with Crippen LogP contribution in [-0.4, -0.2) is 18.4 Å². The van der Waals surface area contributed by atoms with Gasteiger partial charge >= 0.3 is 5.97 Å². The molecule has 3 heteroatoms. The third-order valence-corrected chi connectivity index (χ3v) is 1.93. The van der Waals surface area contributed by atoms with Gasteiger partial charge in [0.15, 0.2) is 0 Å². The Morgan fingerprint density at radius 1 is 1.20 bits per heavy atom. The zero-order valence-corrected chi connectivity index (χ0v) is 8.73. The number of rotatable bonds is 5. The summed E-state index contributed by atoms with van der Waals surface area (Å²) in [6, 6.07) is 9.52. The van der Waals surface area contributed by atoms with Crippen LogP contribution in [0.4, 0.5) is 0 Å². The standard InChI is InChI=1S/C12H14O3/c1-10(13)15-8-7-12(14)9-11-5-3-2-4-6-11/h2-6H,7-9H2,1H3. The second kappa shape index (κ2) is 5.96. The molecule has 80 valence electrons. The summed E-state index contributed by atoms with van der Waals surface area (Å²) in [7, 11) is 0. The minimum atomic E-state index is -0.345. The van der Waals surface area contributed by atoms with Gasteiger partial charge in [0.25, 0.3) is 0 Å². The Morgan fingerprint density at radius 3 is 2.47 bits per heavy atom. The molecular weight excluding hydrogens is 192 g/mol. The number of ether oxygens (including phenoxy) is 1. The van der Waals surface area contributed by atoms with Crippen molar-refractivity contribution >= 4 is 11.8 Å². The maximum Gasteiger partial charge on any atom is 0.302 e. The summed E-state index contributed by atoms with van der Waals surface area (Å²) in [5.74, 6) is -0.259. The normalized spacial score (nSPS) is 9.67. The molecular formula is C12H14O3. The summed E-state index contributed by atoms with van der Waals surface area (Å²) in [6.07, 6.45) is 0.691. The molecule has 0 heterocycles. The van der Waals surface area contributed by atoms with Crippen LogP contribution in [0.1, 0.15) is 18.9 Å². The summed E-state index contributed by atoms with van der Waals surface area (Å²) in [5.41, 5.74) is 0.991. The summed E-state index contributed by atoms with van der Waals surface area (Å²) in [4.78, 5) is 21.9. The summed E-state index contributed by atoms with van der Waals surface area (Å²) < 4.78 is 4.69. The van der Waals surface area contributed by atoms with Crippen molar-refractivity contribution in [1.82, 2.24) is 0 Å². The molecule has 0 amide bonds. The van der Waals surface area contributed by atoms with Crippen molar-refractivity contribution in [1.29, 1.82) is 0 Å². The van der Waals surface area contributed by atoms with Gasteiger partial charge in [-0.25, -0.2) is 0 Å². The van der Waals surface area contributed by atoms with E-state index in [0.29, 0.717) is 6.42 Å². The van der Waals surface area contributed by atoms with Crippen molar-refractivity contribution in [3.63, 3.8) is 0 Å². The van der Waals surface area contributed by atoms with Crippen LogP contribution < -0.4 is 0 Å². The fourth-order valence-electron chi connectivity index (χ4n) is 1.22. The molecule has 3 nitrogen and oxygen atoms in total. The van der Waals surface area contributed by atoms with E-state index in [1.165, 1.54) is 6.92 Å². The van der Waals surface area contributed by atoms with Gasteiger partial charge in [-0.15, -0.1) is 0 Å². The van der Waals surface area contributed by atoms with Crippen LogP contribution in [-0.2, 0) is 20.7 Å². The highest BCUT2D eigenvalue weighted by Crippen LogP contribution is 2.01. The lowest BCUT2D eigenvalue weighted by Gasteiger charge is -2.01. The lowest BCUT2D eigenvalue weighted by molar-refractivity contribution is -0.141. The third kappa shape index (κ3) is 4.96. The van der Waals surface area contributed by atoms with Crippen LogP contribution in [0.2, 0.25) is 0 Å². The summed E-state index contributed by atoms with van der Waals surface area (Å²) in [6.45, 7) is 1.52. The van der Waals surface area contributed by atoms with E-state index in [9.17, 15) is 9.59 Å². The molecule has 0 aliphatic carbocycles. The molecule has 0 spiro atoms. The Hall–Kier alpha value is -1.64. The van der Waals surface area contributed by atoms with E-state index in [4.69, 9.17) is 4.74 Å². The number of benzene rings is 1. The quantitative estimate of drug-likeness (QED) is 0.689. The lowest BCUT2D eigenvalue weighted by Crippen LogP contribution is -2.09. The topological polar surface area (TPSA) is 43.4 Å². The van der Waals surface area contributed by atoms with Gasteiger partial charge in [-0.05, 0) is 5.56 Å². The number of carbonyl (C=O) groups is 2. The molecule has 0 fully saturated rings. The number of esters is 1. The molecule has 0 saturated heterocycles. The number of ketones is 1. The monoisotopic (exact) mass is 206 g/mol. The van der Waals surface area contributed by atoms with Crippen molar-refractivity contribution in [2.75, 3.05) is 6.61 Å². The van der Waals surface area contributed by atoms with E-state index in [-0.39, 0.29) is 24.8 Å². The molecule has 1 aromatic rings. The first-order chi connectivity index (χ1) is 7.18. The Balaban J connectivity index is 2.28. The average Bonchev–Trinajstić information content (AvgIpc) is 2.18. The van der Waals surface area contributed by atoms with E-state index in [1.807, 2.05) is 30.3 Å². The number of carbonyl (C=O) groups excluding carboxylic acids is 2. The van der Waals surface area contributed by atoms with Crippen molar-refractivity contribution in [2.24, 2.45) is 0 Å². The smallest absolute Gasteiger partial charge is 0.302 e. The van der Waals surface area contributed by atoms with Crippen molar-refractivity contribution < 1.29 is 14.3 Å². The number of hydrogen-bond donors (Lipinski definition) is 0. The van der Waals surface area contributed by atoms with Gasteiger partial charge in [0.2, 0.25) is 0 Å². The van der Waals surface area contributed by atoms with Crippen LogP contribution in [0.15, 0.2) is 30.3 Å². The maximum absolute atomic E-state index is 11.4. The SMILES string of the molecule is CC(=O)OCCC(=O)Cc1ccccc1. The van der Waals surface area contributed by atoms with Crippen molar-refractivity contribution in [2.45, 2.75) is 19.8 Å². The molecule has 0 aliphatic heterocycles. The third-order valence-electron chi connectivity index (χ3n) is 1.93. The Bertz CT molecular complexity index is 330. The van der Waals surface area contributed by atoms with Crippen LogP contribution in [0.5, 0.6) is 0 Å². The van der Waals surface area contributed by atoms with Gasteiger partial charge in [0, 0.05) is 19.8 Å². The average molecular weight is 206 g/mol. The molecule has 0 N–H and O–H groups in total.